The summed E-state index contributed by atoms with van der Waals surface area (Å²) < 4.78 is 0.749. The van der Waals surface area contributed by atoms with Gasteiger partial charge in [-0.05, 0) is 31.9 Å². The molecule has 1 fully saturated rings. The summed E-state index contributed by atoms with van der Waals surface area (Å²) in [6.07, 6.45) is 2.35. The molecule has 0 aliphatic heterocycles. The van der Waals surface area contributed by atoms with Gasteiger partial charge in [-0.15, -0.1) is 10.2 Å². The van der Waals surface area contributed by atoms with Crippen molar-refractivity contribution in [1.82, 2.24) is 15.1 Å². The number of aromatic nitrogens is 2. The van der Waals surface area contributed by atoms with Gasteiger partial charge >= 0.3 is 0 Å². The van der Waals surface area contributed by atoms with Crippen molar-refractivity contribution in [2.75, 3.05) is 30.0 Å². The molecule has 1 aromatic heterocycles. The van der Waals surface area contributed by atoms with Crippen LogP contribution in [0.5, 0.6) is 0 Å². The van der Waals surface area contributed by atoms with Crippen molar-refractivity contribution in [1.29, 1.82) is 0 Å². The molecule has 1 heterocycles. The number of rotatable bonds is 8. The van der Waals surface area contributed by atoms with Crippen LogP contribution in [0.25, 0.3) is 0 Å². The summed E-state index contributed by atoms with van der Waals surface area (Å²) in [6, 6.07) is 8.06. The molecule has 138 valence electrons. The molecule has 0 radical (unpaired) electrons. The predicted octanol–water partition coefficient (Wildman–Crippen LogP) is 2.61. The molecule has 2 amide bonds. The van der Waals surface area contributed by atoms with Crippen LogP contribution >= 0.6 is 23.1 Å². The van der Waals surface area contributed by atoms with E-state index in [0.717, 1.165) is 20.7 Å². The minimum Gasteiger partial charge on any atom is -0.357 e. The van der Waals surface area contributed by atoms with E-state index in [1.165, 1.54) is 40.8 Å². The molecule has 0 saturated heterocycles. The summed E-state index contributed by atoms with van der Waals surface area (Å²) in [7, 11) is 1.62. The van der Waals surface area contributed by atoms with Crippen LogP contribution in [0.2, 0.25) is 0 Å². The number of likely N-dealkylation sites (N-methyl/N-ethyl adjacent to an activating group) is 1. The zero-order valence-electron chi connectivity index (χ0n) is 14.7. The fraction of sp³-hybridized carbons (Fsp3) is 0.412. The Morgan fingerprint density at radius 2 is 2.00 bits per heavy atom. The molecule has 1 aliphatic carbocycles. The number of carbonyl (C=O) groups is 2. The van der Waals surface area contributed by atoms with E-state index in [-0.39, 0.29) is 24.1 Å². The van der Waals surface area contributed by atoms with Crippen molar-refractivity contribution in [3.05, 3.63) is 29.8 Å². The number of hydrogen-bond acceptors (Lipinski definition) is 7. The summed E-state index contributed by atoms with van der Waals surface area (Å²) in [5.41, 5.74) is 1.85. The monoisotopic (exact) mass is 391 g/mol. The van der Waals surface area contributed by atoms with Gasteiger partial charge in [0, 0.05) is 18.8 Å². The maximum Gasteiger partial charge on any atom is 0.243 e. The first-order valence-corrected chi connectivity index (χ1v) is 10.1. The maximum absolute atomic E-state index is 12.2. The van der Waals surface area contributed by atoms with E-state index in [0.29, 0.717) is 6.04 Å². The number of aryl methyl sites for hydroxylation is 1. The number of hydrogen-bond donors (Lipinski definition) is 2. The van der Waals surface area contributed by atoms with Crippen LogP contribution in [0.1, 0.15) is 18.4 Å². The molecule has 1 saturated carbocycles. The summed E-state index contributed by atoms with van der Waals surface area (Å²) in [5.74, 6) is -0.116. The first-order valence-electron chi connectivity index (χ1n) is 8.33. The topological polar surface area (TPSA) is 87.2 Å². The van der Waals surface area contributed by atoms with Crippen molar-refractivity contribution in [3.63, 3.8) is 0 Å². The Bertz CT molecular complexity index is 774. The van der Waals surface area contributed by atoms with Gasteiger partial charge in [-0.3, -0.25) is 9.59 Å². The highest BCUT2D eigenvalue weighted by molar-refractivity contribution is 8.01. The number of nitrogens with zero attached hydrogens (tertiary/aromatic N) is 3. The van der Waals surface area contributed by atoms with E-state index in [2.05, 4.69) is 20.8 Å². The number of nitrogens with one attached hydrogen (secondary N) is 2. The minimum absolute atomic E-state index is 0.0118. The van der Waals surface area contributed by atoms with Gasteiger partial charge in [-0.25, -0.2) is 0 Å². The van der Waals surface area contributed by atoms with Crippen LogP contribution in [-0.2, 0) is 9.59 Å². The molecule has 1 aliphatic rings. The summed E-state index contributed by atoms with van der Waals surface area (Å²) >= 11 is 2.79. The maximum atomic E-state index is 12.2. The number of anilines is 2. The van der Waals surface area contributed by atoms with Crippen molar-refractivity contribution in [2.45, 2.75) is 30.1 Å². The summed E-state index contributed by atoms with van der Waals surface area (Å²) in [4.78, 5) is 25.7. The molecule has 1 aromatic carbocycles. The second-order valence-corrected chi connectivity index (χ2v) is 8.44. The van der Waals surface area contributed by atoms with Gasteiger partial charge < -0.3 is 15.5 Å². The molecule has 26 heavy (non-hydrogen) atoms. The summed E-state index contributed by atoms with van der Waals surface area (Å²) in [6.45, 7) is 2.00. The average Bonchev–Trinajstić information content (AvgIpc) is 3.31. The van der Waals surface area contributed by atoms with Gasteiger partial charge in [0.2, 0.25) is 16.9 Å². The van der Waals surface area contributed by atoms with E-state index >= 15 is 0 Å². The Morgan fingerprint density at radius 3 is 2.69 bits per heavy atom. The normalized spacial score (nSPS) is 13.3. The van der Waals surface area contributed by atoms with Gasteiger partial charge in [0.15, 0.2) is 4.34 Å². The second kappa shape index (κ2) is 8.50. The lowest BCUT2D eigenvalue weighted by atomic mass is 10.2. The van der Waals surface area contributed by atoms with Gasteiger partial charge in [-0.2, -0.15) is 0 Å². The van der Waals surface area contributed by atoms with Crippen LogP contribution in [0.15, 0.2) is 28.6 Å². The fourth-order valence-corrected chi connectivity index (χ4v) is 3.87. The van der Waals surface area contributed by atoms with E-state index in [9.17, 15) is 9.59 Å². The third-order valence-electron chi connectivity index (χ3n) is 3.77. The van der Waals surface area contributed by atoms with Crippen LogP contribution < -0.4 is 10.6 Å². The SMILES string of the molecule is Cc1ccc(NC(=O)CN(C)C(=O)CSc2nnc(NC3CC3)s2)cc1. The van der Waals surface area contributed by atoms with Gasteiger partial charge in [0.05, 0.1) is 12.3 Å². The van der Waals surface area contributed by atoms with Crippen LogP contribution in [0.3, 0.4) is 0 Å². The molecule has 0 bridgehead atoms. The summed E-state index contributed by atoms with van der Waals surface area (Å²) in [5, 5.41) is 15.0. The second-order valence-electron chi connectivity index (χ2n) is 6.24. The molecular formula is C17H21N5O2S2. The smallest absolute Gasteiger partial charge is 0.243 e. The Morgan fingerprint density at radius 1 is 1.27 bits per heavy atom. The van der Waals surface area contributed by atoms with E-state index < -0.39 is 0 Å². The Labute approximate surface area is 160 Å². The van der Waals surface area contributed by atoms with Crippen molar-refractivity contribution in [2.24, 2.45) is 0 Å². The lowest BCUT2D eigenvalue weighted by Crippen LogP contribution is -2.35. The number of amides is 2. The third-order valence-corrected chi connectivity index (χ3v) is 5.74. The minimum atomic E-state index is -0.221. The van der Waals surface area contributed by atoms with Crippen molar-refractivity contribution in [3.8, 4) is 0 Å². The molecule has 2 N–H and O–H groups in total. The first-order chi connectivity index (χ1) is 12.5. The molecule has 0 spiro atoms. The van der Waals surface area contributed by atoms with Crippen molar-refractivity contribution >= 4 is 45.7 Å². The van der Waals surface area contributed by atoms with Crippen LogP contribution in [0.4, 0.5) is 10.8 Å². The van der Waals surface area contributed by atoms with Gasteiger partial charge in [0.1, 0.15) is 0 Å². The highest BCUT2D eigenvalue weighted by atomic mass is 32.2. The Hall–Kier alpha value is -2.13. The van der Waals surface area contributed by atoms with Crippen LogP contribution in [0, 0.1) is 6.92 Å². The van der Waals surface area contributed by atoms with Crippen molar-refractivity contribution < 1.29 is 9.59 Å². The zero-order chi connectivity index (χ0) is 18.5. The molecule has 3 rings (SSSR count). The number of benzene rings is 1. The van der Waals surface area contributed by atoms with Gasteiger partial charge in [-0.1, -0.05) is 40.8 Å². The molecule has 0 atom stereocenters. The number of carbonyl (C=O) groups excluding carboxylic acids is 2. The molecule has 7 nitrogen and oxygen atoms in total. The number of thioether (sulfide) groups is 1. The first kappa shape index (κ1) is 18.7. The zero-order valence-corrected chi connectivity index (χ0v) is 16.3. The molecule has 0 unspecified atom stereocenters. The lowest BCUT2D eigenvalue weighted by Gasteiger charge is -2.16. The van der Waals surface area contributed by atoms with E-state index in [1.807, 2.05) is 31.2 Å². The fourth-order valence-electron chi connectivity index (χ4n) is 2.10. The quantitative estimate of drug-likeness (QED) is 0.673. The average molecular weight is 392 g/mol. The van der Waals surface area contributed by atoms with E-state index in [1.54, 1.807) is 7.05 Å². The largest absolute Gasteiger partial charge is 0.357 e. The third kappa shape index (κ3) is 5.70. The Balaban J connectivity index is 1.41. The molecule has 9 heteroatoms. The standard InChI is InChI=1S/C17H21N5O2S2/c1-11-3-5-12(6-4-11)18-14(23)9-22(2)15(24)10-25-17-21-20-16(26-17)19-13-7-8-13/h3-6,13H,7-10H2,1-2H3,(H,18,23)(H,19,20). The molecule has 2 aromatic rings. The lowest BCUT2D eigenvalue weighted by molar-refractivity contribution is -0.131. The van der Waals surface area contributed by atoms with Gasteiger partial charge in [0.25, 0.3) is 0 Å². The highest BCUT2D eigenvalue weighted by Gasteiger charge is 2.22. The van der Waals surface area contributed by atoms with E-state index in [4.69, 9.17) is 0 Å². The predicted molar refractivity (Wildman–Crippen MR) is 105 cm³/mol. The molecular weight excluding hydrogens is 370 g/mol. The Kier molecular flexibility index (Phi) is 6.10. The van der Waals surface area contributed by atoms with Crippen LogP contribution in [-0.4, -0.2) is 52.3 Å². The highest BCUT2D eigenvalue weighted by Crippen LogP contribution is 2.30.